The van der Waals surface area contributed by atoms with E-state index in [4.69, 9.17) is 11.6 Å². The van der Waals surface area contributed by atoms with Crippen molar-refractivity contribution in [3.05, 3.63) is 34.8 Å². The van der Waals surface area contributed by atoms with Crippen LogP contribution in [0, 0.1) is 11.8 Å². The Labute approximate surface area is 193 Å². The first kappa shape index (κ1) is 21.3. The van der Waals surface area contributed by atoms with Gasteiger partial charge in [0.25, 0.3) is 5.91 Å². The van der Waals surface area contributed by atoms with E-state index in [-0.39, 0.29) is 47.3 Å². The number of hydrogen-bond acceptors (Lipinski definition) is 3. The van der Waals surface area contributed by atoms with Crippen molar-refractivity contribution >= 4 is 29.1 Å². The molecule has 2 unspecified atom stereocenters. The second kappa shape index (κ2) is 7.35. The van der Waals surface area contributed by atoms with Crippen molar-refractivity contribution in [2.24, 2.45) is 11.8 Å². The number of halogens is 4. The lowest BCUT2D eigenvalue weighted by atomic mass is 10.1. The lowest BCUT2D eigenvalue weighted by molar-refractivity contribution is -0.138. The lowest BCUT2D eigenvalue weighted by Gasteiger charge is -2.38. The van der Waals surface area contributed by atoms with E-state index < -0.39 is 17.6 Å². The molecule has 0 aromatic carbocycles. The molecular weight excluding hydrogens is 457 g/mol. The lowest BCUT2D eigenvalue weighted by Crippen LogP contribution is -2.55. The van der Waals surface area contributed by atoms with Gasteiger partial charge in [-0.05, 0) is 61.5 Å². The molecule has 2 atom stereocenters. The Balaban J connectivity index is 1.30. The van der Waals surface area contributed by atoms with Gasteiger partial charge in [0.2, 0.25) is 5.91 Å². The van der Waals surface area contributed by atoms with Crippen LogP contribution in [0.1, 0.15) is 65.3 Å². The van der Waals surface area contributed by atoms with E-state index in [0.29, 0.717) is 18.7 Å². The minimum Gasteiger partial charge on any atom is -0.336 e. The van der Waals surface area contributed by atoms with Crippen LogP contribution in [0.5, 0.6) is 0 Å². The topological polar surface area (TPSA) is 57.9 Å². The van der Waals surface area contributed by atoms with Gasteiger partial charge in [-0.1, -0.05) is 0 Å². The smallest absolute Gasteiger partial charge is 0.336 e. The summed E-state index contributed by atoms with van der Waals surface area (Å²) in [6.45, 7) is 0.697. The summed E-state index contributed by atoms with van der Waals surface area (Å²) in [5.41, 5.74) is -0.475. The monoisotopic (exact) mass is 480 g/mol. The standard InChI is InChI=1S/C23H24ClF3N4O2/c24-9-18-20(28-21-17(23(25,26)27)8-15(10-31(18)21)12-1-2-12)22(33)29-3-4-30(19(32)11-29)16-6-13-5-14(13)7-16/h8,10,12-14,16H,1-7,9,11H2. The van der Waals surface area contributed by atoms with Crippen LogP contribution < -0.4 is 0 Å². The third kappa shape index (κ3) is 3.59. The molecule has 4 aliphatic rings. The molecule has 2 amide bonds. The van der Waals surface area contributed by atoms with Crippen molar-refractivity contribution in [1.82, 2.24) is 19.2 Å². The molecule has 0 radical (unpaired) electrons. The molecule has 33 heavy (non-hydrogen) atoms. The van der Waals surface area contributed by atoms with Crippen LogP contribution in [0.15, 0.2) is 12.3 Å². The zero-order valence-corrected chi connectivity index (χ0v) is 18.7. The number of hydrogen-bond donors (Lipinski definition) is 0. The highest BCUT2D eigenvalue weighted by Gasteiger charge is 2.49. The van der Waals surface area contributed by atoms with Gasteiger partial charge >= 0.3 is 6.18 Å². The molecule has 4 fully saturated rings. The van der Waals surface area contributed by atoms with Crippen molar-refractivity contribution in [3.63, 3.8) is 0 Å². The summed E-state index contributed by atoms with van der Waals surface area (Å²) in [5.74, 6) is 0.770. The highest BCUT2D eigenvalue weighted by Crippen LogP contribution is 2.53. The minimum atomic E-state index is -4.61. The quantitative estimate of drug-likeness (QED) is 0.620. The van der Waals surface area contributed by atoms with Crippen molar-refractivity contribution in [1.29, 1.82) is 0 Å². The van der Waals surface area contributed by atoms with Gasteiger partial charge in [-0.25, -0.2) is 4.98 Å². The van der Waals surface area contributed by atoms with Crippen LogP contribution in [0.3, 0.4) is 0 Å². The molecule has 2 aromatic heterocycles. The number of piperazine rings is 1. The summed E-state index contributed by atoms with van der Waals surface area (Å²) in [6.07, 6.45) is 2.04. The fourth-order valence-corrected chi connectivity index (χ4v) is 5.95. The Morgan fingerprint density at radius 1 is 1.15 bits per heavy atom. The second-order valence-corrected chi connectivity index (χ2v) is 10.2. The van der Waals surface area contributed by atoms with E-state index in [1.807, 2.05) is 4.90 Å². The Bertz CT molecular complexity index is 1150. The molecule has 176 valence electrons. The summed E-state index contributed by atoms with van der Waals surface area (Å²) in [6, 6.07) is 1.39. The molecule has 0 spiro atoms. The maximum absolute atomic E-state index is 13.8. The number of fused-ring (bicyclic) bond motifs is 2. The maximum atomic E-state index is 13.8. The van der Waals surface area contributed by atoms with Gasteiger partial charge in [0.15, 0.2) is 5.69 Å². The van der Waals surface area contributed by atoms with E-state index in [1.54, 1.807) is 6.20 Å². The van der Waals surface area contributed by atoms with Gasteiger partial charge in [0.05, 0.1) is 17.1 Å². The number of carbonyl (C=O) groups is 2. The average molecular weight is 481 g/mol. The van der Waals surface area contributed by atoms with E-state index in [1.165, 1.54) is 15.7 Å². The van der Waals surface area contributed by atoms with Gasteiger partial charge < -0.3 is 14.2 Å². The predicted octanol–water partition coefficient (Wildman–Crippen LogP) is 4.05. The first-order valence-corrected chi connectivity index (χ1v) is 12.0. The zero-order valence-electron chi connectivity index (χ0n) is 17.9. The SMILES string of the molecule is O=C(c1nc2c(C(F)(F)F)cc(C3CC3)cn2c1CCl)N1CCN(C2CC3CC3C2)C(=O)C1. The molecule has 6 nitrogen and oxygen atoms in total. The predicted molar refractivity (Wildman–Crippen MR) is 114 cm³/mol. The fourth-order valence-electron chi connectivity index (χ4n) is 5.69. The van der Waals surface area contributed by atoms with Crippen LogP contribution in [-0.2, 0) is 16.9 Å². The third-order valence-electron chi connectivity index (χ3n) is 7.73. The third-order valence-corrected chi connectivity index (χ3v) is 7.98. The fraction of sp³-hybridized carbons (Fsp3) is 0.609. The van der Waals surface area contributed by atoms with Gasteiger partial charge in [0.1, 0.15) is 12.2 Å². The summed E-state index contributed by atoms with van der Waals surface area (Å²) < 4.78 is 42.8. The van der Waals surface area contributed by atoms with Crippen LogP contribution in [0.4, 0.5) is 13.2 Å². The van der Waals surface area contributed by atoms with Gasteiger partial charge in [-0.2, -0.15) is 13.2 Å². The molecule has 1 aliphatic heterocycles. The molecule has 10 heteroatoms. The molecule has 1 saturated heterocycles. The number of aromatic nitrogens is 2. The van der Waals surface area contributed by atoms with Crippen LogP contribution in [0.25, 0.3) is 5.65 Å². The van der Waals surface area contributed by atoms with Crippen molar-refractivity contribution in [2.45, 2.75) is 56.1 Å². The Kier molecular flexibility index (Phi) is 4.74. The minimum absolute atomic E-state index is 0.0836. The highest BCUT2D eigenvalue weighted by atomic mass is 35.5. The summed E-state index contributed by atoms with van der Waals surface area (Å²) in [5, 5.41) is 0. The van der Waals surface area contributed by atoms with E-state index in [0.717, 1.165) is 43.6 Å². The van der Waals surface area contributed by atoms with E-state index in [2.05, 4.69) is 4.98 Å². The first-order chi connectivity index (χ1) is 15.7. The molecule has 3 aliphatic carbocycles. The summed E-state index contributed by atoms with van der Waals surface area (Å²) in [7, 11) is 0. The molecule has 3 heterocycles. The molecular formula is C23H24ClF3N4O2. The van der Waals surface area contributed by atoms with Crippen LogP contribution in [-0.4, -0.2) is 56.7 Å². The largest absolute Gasteiger partial charge is 0.419 e. The van der Waals surface area contributed by atoms with Crippen molar-refractivity contribution in [2.75, 3.05) is 19.6 Å². The van der Waals surface area contributed by atoms with Gasteiger partial charge in [-0.3, -0.25) is 9.59 Å². The molecule has 0 bridgehead atoms. The number of pyridine rings is 1. The van der Waals surface area contributed by atoms with Crippen LogP contribution in [0.2, 0.25) is 0 Å². The number of alkyl halides is 4. The average Bonchev–Trinajstić information content (AvgIpc) is 3.69. The van der Waals surface area contributed by atoms with E-state index >= 15 is 0 Å². The summed E-state index contributed by atoms with van der Waals surface area (Å²) >= 11 is 6.12. The van der Waals surface area contributed by atoms with Gasteiger partial charge in [0, 0.05) is 25.3 Å². The second-order valence-electron chi connectivity index (χ2n) is 9.89. The number of carbonyl (C=O) groups excluding carboxylic acids is 2. The Morgan fingerprint density at radius 2 is 1.88 bits per heavy atom. The van der Waals surface area contributed by atoms with Crippen molar-refractivity contribution < 1.29 is 22.8 Å². The Hall–Kier alpha value is -2.29. The van der Waals surface area contributed by atoms with Gasteiger partial charge in [-0.15, -0.1) is 11.6 Å². The summed E-state index contributed by atoms with van der Waals surface area (Å²) in [4.78, 5) is 33.5. The molecule has 6 rings (SSSR count). The number of imidazole rings is 1. The zero-order chi connectivity index (χ0) is 23.1. The normalized spacial score (nSPS) is 27.4. The maximum Gasteiger partial charge on any atom is 0.419 e. The first-order valence-electron chi connectivity index (χ1n) is 11.5. The molecule has 0 N–H and O–H groups in total. The Morgan fingerprint density at radius 3 is 2.48 bits per heavy atom. The number of rotatable bonds is 4. The van der Waals surface area contributed by atoms with Crippen molar-refractivity contribution in [3.8, 4) is 0 Å². The van der Waals surface area contributed by atoms with Crippen LogP contribution >= 0.6 is 11.6 Å². The number of nitrogens with zero attached hydrogens (tertiary/aromatic N) is 4. The molecule has 3 saturated carbocycles. The number of amides is 2. The molecule has 2 aromatic rings. The van der Waals surface area contributed by atoms with E-state index in [9.17, 15) is 22.8 Å². The highest BCUT2D eigenvalue weighted by molar-refractivity contribution is 6.17.